The molecule has 2 aliphatic heterocycles. The van der Waals surface area contributed by atoms with E-state index in [-0.39, 0.29) is 25.3 Å². The molecule has 184 valence electrons. The van der Waals surface area contributed by atoms with Crippen LogP contribution in [0.1, 0.15) is 35.8 Å². The molecule has 0 aliphatic carbocycles. The summed E-state index contributed by atoms with van der Waals surface area (Å²) in [6.45, 7) is 9.13. The van der Waals surface area contributed by atoms with Crippen molar-refractivity contribution in [1.82, 2.24) is 20.0 Å². The molecule has 8 nitrogen and oxygen atoms in total. The number of benzene rings is 1. The number of thiophene rings is 1. The number of rotatable bonds is 10. The highest BCUT2D eigenvalue weighted by molar-refractivity contribution is 7.10. The summed E-state index contributed by atoms with van der Waals surface area (Å²) in [4.78, 5) is 33.3. The average Bonchev–Trinajstić information content (AvgIpc) is 3.59. The van der Waals surface area contributed by atoms with Crippen LogP contribution >= 0.6 is 11.3 Å². The van der Waals surface area contributed by atoms with Crippen molar-refractivity contribution in [1.29, 1.82) is 0 Å². The molecule has 0 atom stereocenters. The number of likely N-dealkylation sites (tertiary alicyclic amines) is 1. The molecule has 2 aliphatic rings. The number of fused-ring (bicyclic) bond motifs is 1. The fourth-order valence-corrected chi connectivity index (χ4v) is 5.20. The van der Waals surface area contributed by atoms with Gasteiger partial charge in [-0.2, -0.15) is 0 Å². The van der Waals surface area contributed by atoms with Gasteiger partial charge in [-0.05, 0) is 74.5 Å². The molecule has 34 heavy (non-hydrogen) atoms. The molecule has 0 spiro atoms. The number of carbonyl (C=O) groups excluding carboxylic acids is 2. The number of aryl methyl sites for hydroxylation is 1. The molecular formula is C25H34N4O4S. The Morgan fingerprint density at radius 3 is 2.62 bits per heavy atom. The molecule has 1 aromatic carbocycles. The highest BCUT2D eigenvalue weighted by atomic mass is 32.1. The Balaban J connectivity index is 1.48. The first-order chi connectivity index (χ1) is 16.5. The molecule has 1 saturated heterocycles. The van der Waals surface area contributed by atoms with Gasteiger partial charge in [-0.3, -0.25) is 4.79 Å². The number of nitrogens with zero attached hydrogens (tertiary/aromatic N) is 3. The van der Waals surface area contributed by atoms with Crippen molar-refractivity contribution in [2.75, 3.05) is 46.1 Å². The third-order valence-corrected chi connectivity index (χ3v) is 7.30. The lowest BCUT2D eigenvalue weighted by Gasteiger charge is -2.29. The van der Waals surface area contributed by atoms with E-state index in [9.17, 15) is 9.59 Å². The lowest BCUT2D eigenvalue weighted by Crippen LogP contribution is -2.48. The molecule has 0 radical (unpaired) electrons. The smallest absolute Gasteiger partial charge is 0.317 e. The van der Waals surface area contributed by atoms with Crippen LogP contribution in [0, 0.1) is 6.92 Å². The van der Waals surface area contributed by atoms with E-state index in [1.54, 1.807) is 16.2 Å². The lowest BCUT2D eigenvalue weighted by atomic mass is 10.1. The van der Waals surface area contributed by atoms with E-state index in [1.165, 1.54) is 18.4 Å². The van der Waals surface area contributed by atoms with Crippen LogP contribution in [0.15, 0.2) is 29.6 Å². The summed E-state index contributed by atoms with van der Waals surface area (Å²) < 4.78 is 10.9. The standard InChI is InChI=1S/C25H34N4O4S/c1-3-26-25(31)28(12-11-27-9-4-5-10-27)17-24(30)29(16-23-19(2)8-13-34-23)15-20-6-7-21-22(14-20)33-18-32-21/h6-8,13-14H,3-5,9-12,15-18H2,1-2H3,(H,26,31). The number of nitrogens with one attached hydrogen (secondary N) is 1. The second kappa shape index (κ2) is 11.6. The molecule has 1 fully saturated rings. The van der Waals surface area contributed by atoms with Gasteiger partial charge < -0.3 is 29.5 Å². The van der Waals surface area contributed by atoms with Gasteiger partial charge in [-0.1, -0.05) is 6.07 Å². The van der Waals surface area contributed by atoms with Crippen molar-refractivity contribution < 1.29 is 19.1 Å². The number of hydrogen-bond acceptors (Lipinski definition) is 6. The fourth-order valence-electron chi connectivity index (χ4n) is 4.28. The maximum absolute atomic E-state index is 13.6. The Morgan fingerprint density at radius 2 is 1.88 bits per heavy atom. The maximum Gasteiger partial charge on any atom is 0.317 e. The minimum atomic E-state index is -0.189. The summed E-state index contributed by atoms with van der Waals surface area (Å²) in [5.41, 5.74) is 2.14. The van der Waals surface area contributed by atoms with Gasteiger partial charge in [0.05, 0.1) is 6.54 Å². The van der Waals surface area contributed by atoms with E-state index in [0.29, 0.717) is 31.9 Å². The number of hydrogen-bond donors (Lipinski definition) is 1. The topological polar surface area (TPSA) is 74.4 Å². The molecule has 0 unspecified atom stereocenters. The predicted octanol–water partition coefficient (Wildman–Crippen LogP) is 3.44. The highest BCUT2D eigenvalue weighted by Gasteiger charge is 2.24. The zero-order valence-electron chi connectivity index (χ0n) is 20.0. The van der Waals surface area contributed by atoms with Crippen molar-refractivity contribution in [3.8, 4) is 11.5 Å². The van der Waals surface area contributed by atoms with Crippen molar-refractivity contribution >= 4 is 23.3 Å². The first kappa shape index (κ1) is 24.3. The minimum Gasteiger partial charge on any atom is -0.454 e. The molecule has 0 bridgehead atoms. The Bertz CT molecular complexity index is 989. The van der Waals surface area contributed by atoms with Gasteiger partial charge in [0.25, 0.3) is 0 Å². The molecule has 2 aromatic rings. The van der Waals surface area contributed by atoms with Crippen molar-refractivity contribution in [3.63, 3.8) is 0 Å². The molecule has 1 N–H and O–H groups in total. The second-order valence-corrected chi connectivity index (χ2v) is 9.77. The van der Waals surface area contributed by atoms with Crippen LogP contribution in [-0.4, -0.2) is 72.7 Å². The normalized spacial score (nSPS) is 14.9. The SMILES string of the molecule is CCNC(=O)N(CCN1CCCC1)CC(=O)N(Cc1ccc2c(c1)OCO2)Cc1sccc1C. The third-order valence-electron chi connectivity index (χ3n) is 6.29. The molecule has 3 heterocycles. The number of ether oxygens (including phenoxy) is 2. The predicted molar refractivity (Wildman–Crippen MR) is 132 cm³/mol. The summed E-state index contributed by atoms with van der Waals surface area (Å²) in [7, 11) is 0. The van der Waals surface area contributed by atoms with Gasteiger partial charge in [0.15, 0.2) is 11.5 Å². The summed E-state index contributed by atoms with van der Waals surface area (Å²) >= 11 is 1.65. The summed E-state index contributed by atoms with van der Waals surface area (Å²) in [6, 6.07) is 7.65. The number of amides is 3. The van der Waals surface area contributed by atoms with Gasteiger partial charge in [-0.15, -0.1) is 11.3 Å². The van der Waals surface area contributed by atoms with E-state index in [4.69, 9.17) is 9.47 Å². The molecule has 4 rings (SSSR count). The van der Waals surface area contributed by atoms with Gasteiger partial charge in [0.1, 0.15) is 6.54 Å². The molecule has 1 aromatic heterocycles. The summed E-state index contributed by atoms with van der Waals surface area (Å²) in [5.74, 6) is 1.35. The van der Waals surface area contributed by atoms with Gasteiger partial charge in [0, 0.05) is 31.1 Å². The van der Waals surface area contributed by atoms with Crippen LogP contribution < -0.4 is 14.8 Å². The largest absolute Gasteiger partial charge is 0.454 e. The van der Waals surface area contributed by atoms with Crippen molar-refractivity contribution in [2.24, 2.45) is 0 Å². The fraction of sp³-hybridized carbons (Fsp3) is 0.520. The van der Waals surface area contributed by atoms with Gasteiger partial charge >= 0.3 is 6.03 Å². The van der Waals surface area contributed by atoms with Crippen LogP contribution in [0.2, 0.25) is 0 Å². The minimum absolute atomic E-state index is 0.0502. The summed E-state index contributed by atoms with van der Waals surface area (Å²) in [6.07, 6.45) is 2.40. The number of carbonyl (C=O) groups is 2. The Labute approximate surface area is 205 Å². The van der Waals surface area contributed by atoms with E-state index >= 15 is 0 Å². The van der Waals surface area contributed by atoms with Crippen LogP contribution in [0.5, 0.6) is 11.5 Å². The molecule has 9 heteroatoms. The lowest BCUT2D eigenvalue weighted by molar-refractivity contribution is -0.133. The van der Waals surface area contributed by atoms with Crippen molar-refractivity contribution in [2.45, 2.75) is 39.8 Å². The van der Waals surface area contributed by atoms with Crippen LogP contribution in [0.4, 0.5) is 4.79 Å². The Kier molecular flexibility index (Phi) is 8.29. The zero-order chi connectivity index (χ0) is 23.9. The van der Waals surface area contributed by atoms with Gasteiger partial charge in [0.2, 0.25) is 12.7 Å². The second-order valence-electron chi connectivity index (χ2n) is 8.77. The van der Waals surface area contributed by atoms with Crippen LogP contribution in [-0.2, 0) is 17.9 Å². The quantitative estimate of drug-likeness (QED) is 0.557. The summed E-state index contributed by atoms with van der Waals surface area (Å²) in [5, 5.41) is 4.91. The van der Waals surface area contributed by atoms with E-state index < -0.39 is 0 Å². The molecular weight excluding hydrogens is 452 g/mol. The third kappa shape index (κ3) is 6.21. The van der Waals surface area contributed by atoms with Crippen LogP contribution in [0.25, 0.3) is 0 Å². The monoisotopic (exact) mass is 486 g/mol. The first-order valence-corrected chi connectivity index (χ1v) is 12.9. The average molecular weight is 487 g/mol. The first-order valence-electron chi connectivity index (χ1n) is 12.0. The van der Waals surface area contributed by atoms with E-state index in [0.717, 1.165) is 35.8 Å². The maximum atomic E-state index is 13.6. The van der Waals surface area contributed by atoms with Crippen LogP contribution in [0.3, 0.4) is 0 Å². The molecule has 0 saturated carbocycles. The Hall–Kier alpha value is -2.78. The number of urea groups is 1. The highest BCUT2D eigenvalue weighted by Crippen LogP contribution is 2.33. The van der Waals surface area contributed by atoms with Crippen molar-refractivity contribution in [3.05, 3.63) is 45.6 Å². The zero-order valence-corrected chi connectivity index (χ0v) is 20.9. The molecule has 3 amide bonds. The Morgan fingerprint density at radius 1 is 1.09 bits per heavy atom. The van der Waals surface area contributed by atoms with Gasteiger partial charge in [-0.25, -0.2) is 4.79 Å². The van der Waals surface area contributed by atoms with E-state index in [1.807, 2.05) is 35.4 Å². The van der Waals surface area contributed by atoms with E-state index in [2.05, 4.69) is 23.2 Å².